The topological polar surface area (TPSA) is 92.3 Å². The molecule has 9 heteroatoms. The molecule has 1 aromatic carbocycles. The van der Waals surface area contributed by atoms with Crippen LogP contribution in [0, 0.1) is 0 Å². The molecule has 1 rings (SSSR count). The molecular formula is C23H38NO7P. The number of benzene rings is 1. The lowest BCUT2D eigenvalue weighted by Crippen LogP contribution is -2.45. The summed E-state index contributed by atoms with van der Waals surface area (Å²) in [7, 11) is -0.352. The van der Waals surface area contributed by atoms with Crippen LogP contribution in [0.25, 0.3) is 0 Å². The lowest BCUT2D eigenvalue weighted by atomic mass is 10.1. The molecule has 0 saturated heterocycles. The van der Waals surface area contributed by atoms with Gasteiger partial charge < -0.3 is 19.3 Å². The highest BCUT2D eigenvalue weighted by Gasteiger charge is 2.29. The first-order chi connectivity index (χ1) is 14.5. The molecule has 1 atom stereocenters. The molecule has 8 nitrogen and oxygen atoms in total. The summed E-state index contributed by atoms with van der Waals surface area (Å²) in [6.07, 6.45) is -0.449. The summed E-state index contributed by atoms with van der Waals surface area (Å²) >= 11 is 0. The summed E-state index contributed by atoms with van der Waals surface area (Å²) in [6.45, 7) is 16.9. The average Bonchev–Trinajstić information content (AvgIpc) is 2.57. The van der Waals surface area contributed by atoms with E-state index in [-0.39, 0.29) is 6.42 Å². The maximum Gasteiger partial charge on any atom is 0.408 e. The zero-order valence-corrected chi connectivity index (χ0v) is 21.8. The van der Waals surface area contributed by atoms with Crippen molar-refractivity contribution < 1.29 is 32.6 Å². The lowest BCUT2D eigenvalue weighted by Gasteiger charge is -2.30. The number of amides is 1. The van der Waals surface area contributed by atoms with E-state index in [4.69, 9.17) is 23.0 Å². The van der Waals surface area contributed by atoms with Crippen LogP contribution < -0.4 is 9.84 Å². The van der Waals surface area contributed by atoms with Crippen LogP contribution in [0.2, 0.25) is 0 Å². The molecule has 32 heavy (non-hydrogen) atoms. The first-order valence-corrected chi connectivity index (χ1v) is 11.6. The number of hydrogen-bond donors (Lipinski definition) is 1. The van der Waals surface area contributed by atoms with Crippen molar-refractivity contribution in [3.05, 3.63) is 29.8 Å². The van der Waals surface area contributed by atoms with Gasteiger partial charge in [-0.15, -0.1) is 0 Å². The van der Waals surface area contributed by atoms with Crippen molar-refractivity contribution in [3.63, 3.8) is 0 Å². The minimum absolute atomic E-state index is 0.234. The van der Waals surface area contributed by atoms with Gasteiger partial charge in [-0.25, -0.2) is 9.59 Å². The van der Waals surface area contributed by atoms with Gasteiger partial charge in [0.05, 0.1) is 18.3 Å². The summed E-state index contributed by atoms with van der Waals surface area (Å²) < 4.78 is 27.9. The standard InChI is InChI=1S/C23H38NO7P/c1-21(2,3)28-20(26)24-18(19(25)27-10)15-16-11-13-17(14-12-16)29-32(30-22(4,5)6)31-23(7,8)9/h11-14,18H,15H2,1-10H3,(H,24,26)/t18-/m0/s1. The number of esters is 1. The van der Waals surface area contributed by atoms with E-state index < -0.39 is 43.5 Å². The van der Waals surface area contributed by atoms with E-state index in [1.54, 1.807) is 32.9 Å². The monoisotopic (exact) mass is 471 g/mol. The molecule has 0 aliphatic heterocycles. The van der Waals surface area contributed by atoms with Gasteiger partial charge in [-0.2, -0.15) is 0 Å². The van der Waals surface area contributed by atoms with Gasteiger partial charge in [-0.3, -0.25) is 9.05 Å². The molecule has 0 fully saturated rings. The number of hydrogen-bond acceptors (Lipinski definition) is 7. The second-order valence-corrected chi connectivity index (χ2v) is 11.3. The Morgan fingerprint density at radius 1 is 0.875 bits per heavy atom. The fraction of sp³-hybridized carbons (Fsp3) is 0.652. The number of alkyl carbamates (subject to hydrolysis) is 1. The predicted octanol–water partition coefficient (Wildman–Crippen LogP) is 5.53. The van der Waals surface area contributed by atoms with Crippen molar-refractivity contribution in [1.82, 2.24) is 5.32 Å². The van der Waals surface area contributed by atoms with E-state index in [0.717, 1.165) is 5.56 Å². The molecule has 182 valence electrons. The first kappa shape index (κ1) is 28.1. The fourth-order valence-corrected chi connectivity index (χ4v) is 3.60. The summed E-state index contributed by atoms with van der Waals surface area (Å²) in [5.74, 6) is 0.0138. The van der Waals surface area contributed by atoms with Gasteiger partial charge in [0.1, 0.15) is 17.4 Å². The summed E-state index contributed by atoms with van der Waals surface area (Å²) in [4.78, 5) is 24.2. The van der Waals surface area contributed by atoms with Gasteiger partial charge in [0.15, 0.2) is 0 Å². The van der Waals surface area contributed by atoms with Crippen LogP contribution in [0.4, 0.5) is 4.79 Å². The van der Waals surface area contributed by atoms with Crippen molar-refractivity contribution in [2.45, 2.75) is 91.6 Å². The van der Waals surface area contributed by atoms with Gasteiger partial charge in [0.25, 0.3) is 0 Å². The molecule has 0 unspecified atom stereocenters. The second-order valence-electron chi connectivity index (χ2n) is 10.3. The highest BCUT2D eigenvalue weighted by atomic mass is 31.2. The fourth-order valence-electron chi connectivity index (χ4n) is 2.30. The number of ether oxygens (including phenoxy) is 2. The van der Waals surface area contributed by atoms with Crippen molar-refractivity contribution in [2.75, 3.05) is 7.11 Å². The summed E-state index contributed by atoms with van der Waals surface area (Å²) in [5.41, 5.74) is -0.732. The third kappa shape index (κ3) is 12.2. The Balaban J connectivity index is 2.88. The zero-order valence-electron chi connectivity index (χ0n) is 20.9. The van der Waals surface area contributed by atoms with Crippen LogP contribution >= 0.6 is 8.60 Å². The third-order valence-electron chi connectivity index (χ3n) is 3.42. The molecule has 1 aromatic rings. The molecule has 1 amide bonds. The van der Waals surface area contributed by atoms with Crippen LogP contribution in [0.1, 0.15) is 67.9 Å². The van der Waals surface area contributed by atoms with E-state index in [0.29, 0.717) is 5.75 Å². The number of nitrogens with one attached hydrogen (secondary N) is 1. The zero-order chi connectivity index (χ0) is 24.7. The molecule has 1 N–H and O–H groups in total. The van der Waals surface area contributed by atoms with Crippen molar-refractivity contribution >= 4 is 20.7 Å². The Kier molecular flexibility index (Phi) is 9.94. The maximum absolute atomic E-state index is 12.1. The Hall–Kier alpha value is -1.89. The summed E-state index contributed by atoms with van der Waals surface area (Å²) in [6, 6.07) is 6.27. The Morgan fingerprint density at radius 2 is 1.38 bits per heavy atom. The highest BCUT2D eigenvalue weighted by Crippen LogP contribution is 2.47. The number of carbonyl (C=O) groups excluding carboxylic acids is 2. The molecule has 0 radical (unpaired) electrons. The number of carbonyl (C=O) groups is 2. The van der Waals surface area contributed by atoms with E-state index >= 15 is 0 Å². The number of rotatable bonds is 8. The van der Waals surface area contributed by atoms with E-state index in [9.17, 15) is 9.59 Å². The number of methoxy groups -OCH3 is 1. The van der Waals surface area contributed by atoms with E-state index in [1.807, 2.05) is 53.7 Å². The Morgan fingerprint density at radius 3 is 1.78 bits per heavy atom. The van der Waals surface area contributed by atoms with Gasteiger partial charge >= 0.3 is 20.7 Å². The maximum atomic E-state index is 12.1. The smallest absolute Gasteiger partial charge is 0.408 e. The van der Waals surface area contributed by atoms with Crippen LogP contribution in [-0.4, -0.2) is 42.0 Å². The minimum atomic E-state index is -1.63. The molecule has 0 bridgehead atoms. The van der Waals surface area contributed by atoms with Gasteiger partial charge in [-0.05, 0) is 80.0 Å². The van der Waals surface area contributed by atoms with Crippen molar-refractivity contribution in [2.24, 2.45) is 0 Å². The molecule has 0 aromatic heterocycles. The lowest BCUT2D eigenvalue weighted by molar-refractivity contribution is -0.143. The minimum Gasteiger partial charge on any atom is -0.467 e. The van der Waals surface area contributed by atoms with Gasteiger partial charge in [0, 0.05) is 6.42 Å². The van der Waals surface area contributed by atoms with E-state index in [1.165, 1.54) is 7.11 Å². The van der Waals surface area contributed by atoms with Crippen molar-refractivity contribution in [1.29, 1.82) is 0 Å². The normalized spacial score (nSPS) is 13.5. The quantitative estimate of drug-likeness (QED) is 0.394. The molecule has 0 saturated carbocycles. The second kappa shape index (κ2) is 11.3. The Bertz CT molecular complexity index is 730. The molecular weight excluding hydrogens is 433 g/mol. The SMILES string of the molecule is COC(=O)[C@H](Cc1ccc(OP(OC(C)(C)C)OC(C)(C)C)cc1)NC(=O)OC(C)(C)C. The van der Waals surface area contributed by atoms with Gasteiger partial charge in [0.2, 0.25) is 0 Å². The first-order valence-electron chi connectivity index (χ1n) is 10.5. The van der Waals surface area contributed by atoms with Gasteiger partial charge in [-0.1, -0.05) is 12.1 Å². The van der Waals surface area contributed by atoms with Crippen molar-refractivity contribution in [3.8, 4) is 5.75 Å². The van der Waals surface area contributed by atoms with Crippen LogP contribution in [0.15, 0.2) is 24.3 Å². The molecule has 0 heterocycles. The van der Waals surface area contributed by atoms with Crippen LogP contribution in [-0.2, 0) is 29.7 Å². The average molecular weight is 472 g/mol. The molecule has 0 spiro atoms. The van der Waals surface area contributed by atoms with Crippen LogP contribution in [0.5, 0.6) is 5.75 Å². The summed E-state index contributed by atoms with van der Waals surface area (Å²) in [5, 5.41) is 2.57. The molecule has 0 aliphatic carbocycles. The molecule has 0 aliphatic rings. The Labute approximate surface area is 193 Å². The predicted molar refractivity (Wildman–Crippen MR) is 125 cm³/mol. The largest absolute Gasteiger partial charge is 0.467 e. The highest BCUT2D eigenvalue weighted by molar-refractivity contribution is 7.42. The van der Waals surface area contributed by atoms with Crippen LogP contribution in [0.3, 0.4) is 0 Å². The van der Waals surface area contributed by atoms with E-state index in [2.05, 4.69) is 5.32 Å². The third-order valence-corrected chi connectivity index (χ3v) is 5.17.